The Labute approximate surface area is 769 Å². The molecule has 710 valence electrons. The molecule has 2 bridgehead atoms. The van der Waals surface area contributed by atoms with Gasteiger partial charge < -0.3 is 99.4 Å². The summed E-state index contributed by atoms with van der Waals surface area (Å²) in [6.45, 7) is 17.6. The third-order valence-corrected chi connectivity index (χ3v) is 27.2. The van der Waals surface area contributed by atoms with E-state index in [1.165, 1.54) is 18.3 Å². The molecule has 2 aromatic carbocycles. The molecule has 36 heteroatoms. The number of allylic oxidation sites excluding steroid dienone is 5. The molecule has 4 fully saturated rings. The number of Topliss-reactive ketones (excluding diaryl/α,β-unsaturated/α-hetero) is 1. The molecule has 16 atom stereocenters. The van der Waals surface area contributed by atoms with E-state index >= 15 is 0 Å². The lowest BCUT2D eigenvalue weighted by Crippen LogP contribution is -2.61. The van der Waals surface area contributed by atoms with Crippen LogP contribution in [0, 0.1) is 35.5 Å². The van der Waals surface area contributed by atoms with Crippen LogP contribution in [0.2, 0.25) is 0 Å². The molecule has 9 N–H and O–H groups in total. The van der Waals surface area contributed by atoms with Crippen molar-refractivity contribution in [3.63, 3.8) is 0 Å². The van der Waals surface area contributed by atoms with Crippen molar-refractivity contribution in [3.8, 4) is 11.3 Å². The number of carbonyl (C=O) groups excluding carboxylic acids is 6. The fourth-order valence-electron chi connectivity index (χ4n) is 19.4. The highest BCUT2D eigenvalue weighted by atomic mass is 16.6. The number of ether oxygens (including phenoxy) is 6. The first-order valence-corrected chi connectivity index (χ1v) is 46.4. The Hall–Kier alpha value is -11.1. The highest BCUT2D eigenvalue weighted by Crippen LogP contribution is 2.40. The average Bonchev–Trinajstić information content (AvgIpc) is 1.49. The number of aromatic nitrogens is 9. The van der Waals surface area contributed by atoms with Crippen molar-refractivity contribution in [1.29, 1.82) is 0 Å². The van der Waals surface area contributed by atoms with E-state index in [9.17, 15) is 49.2 Å². The number of aliphatic hydroxyl groups excluding tert-OH is 3. The van der Waals surface area contributed by atoms with Crippen molar-refractivity contribution in [2.75, 3.05) is 115 Å². The number of carbonyl (C=O) groups is 6. The summed E-state index contributed by atoms with van der Waals surface area (Å²) in [5, 5.41) is 60.4. The number of piperazine rings is 1. The summed E-state index contributed by atoms with van der Waals surface area (Å²) in [6.07, 6.45) is 17.8. The summed E-state index contributed by atoms with van der Waals surface area (Å²) >= 11 is 0. The van der Waals surface area contributed by atoms with E-state index in [1.54, 1.807) is 70.6 Å². The number of oxime groups is 1. The van der Waals surface area contributed by atoms with Crippen molar-refractivity contribution < 1.29 is 86.9 Å². The quantitative estimate of drug-likeness (QED) is 0.0117. The summed E-state index contributed by atoms with van der Waals surface area (Å²) in [5.74, 6) is -6.76. The maximum Gasteiger partial charge on any atom is 0.329 e. The lowest BCUT2D eigenvalue weighted by Gasteiger charge is -2.43. The fraction of sp³-hybridized carbons (Fsp3) is 0.573. The Morgan fingerprint density at radius 3 is 2.28 bits per heavy atom. The van der Waals surface area contributed by atoms with Crippen LogP contribution in [0.4, 0.5) is 23.7 Å². The van der Waals surface area contributed by atoms with Gasteiger partial charge in [-0.1, -0.05) is 94.4 Å². The second-order valence-corrected chi connectivity index (χ2v) is 36.6. The Kier molecular flexibility index (Phi) is 32.4. The number of aliphatic hydroxyl groups is 4. The minimum Gasteiger partial charge on any atom is -0.460 e. The molecule has 1 saturated carbocycles. The summed E-state index contributed by atoms with van der Waals surface area (Å²) < 4.78 is 43.5. The van der Waals surface area contributed by atoms with Gasteiger partial charge in [0, 0.05) is 154 Å². The molecule has 11 heterocycles. The third-order valence-electron chi connectivity index (χ3n) is 27.2. The van der Waals surface area contributed by atoms with Crippen LogP contribution in [-0.2, 0) is 89.7 Å². The molecule has 0 radical (unpaired) electrons. The first kappa shape index (κ1) is 96.9. The number of nitrogens with zero attached hydrogens (tertiary/aromatic N) is 15. The van der Waals surface area contributed by atoms with Crippen LogP contribution in [-0.4, -0.2) is 275 Å². The molecule has 0 unspecified atom stereocenters. The van der Waals surface area contributed by atoms with Crippen molar-refractivity contribution in [2.45, 2.75) is 225 Å². The van der Waals surface area contributed by atoms with Gasteiger partial charge in [0.2, 0.25) is 23.6 Å². The number of cyclic esters (lactones) is 1. The minimum atomic E-state index is -2.47. The number of rotatable bonds is 21. The number of nitrogens with one attached hydrogen (secondary N) is 1. The van der Waals surface area contributed by atoms with Crippen LogP contribution in [0.1, 0.15) is 170 Å². The standard InChI is InChI=1S/C96H128N18O18/c1-56-16-12-11-13-17-57(2)77(125-8)46-70-24-19-62(7)96(124,132-70)87(120)91(122)113-31-15-14-18-73(113)92(123)130-78(59(4)42-63-21-25-74(115)79(44-63)126-9)47-75(116)58(3)41-61(6)85(119)86(127-10)83(60(5)40-56)108-129-54-80(117)99-30-39-128-38-29-81(118)111-33-28-71-69(53-111)50-102-95(106-71)110-36-34-109(35-37-110)94-100-48-68(49-101-94)90(121)112-32-27-65-43-64(20-22-67(65)52-112)51-114-89-82(88(97)103-55-104-89)84(107-114)66-23-26-76-72(45-66)105-93(98)131-76/h11-13,16-17,20,22-23,26,41,43,45,48-50,55-56,58-60,62-63,70,73-75,77-79,85-86,115-116,119,124H,14-15,18-19,21,24-25,27-40,42,44,46-47,51-54H2,1-10H3,(H2,98,105)(H,99,117)(H2,97,103,104)/b13-11+,16-12+,57-17+,61-41+,108-83+/t56-,58-,59-,60-,62-,63+,70+,73+,74-,75-,77+,78+,79-,85-,86+,96-/m1/s1. The number of hydrogen-bond acceptors (Lipinski definition) is 31. The van der Waals surface area contributed by atoms with Gasteiger partial charge >= 0.3 is 5.97 Å². The van der Waals surface area contributed by atoms with E-state index in [0.717, 1.165) is 39.1 Å². The number of fused-ring (bicyclic) bond motifs is 7. The fourth-order valence-corrected chi connectivity index (χ4v) is 19.4. The molecule has 5 aromatic heterocycles. The van der Waals surface area contributed by atoms with Crippen molar-refractivity contribution in [3.05, 3.63) is 142 Å². The number of oxazole rings is 1. The van der Waals surface area contributed by atoms with E-state index < -0.39 is 96.6 Å². The second-order valence-electron chi connectivity index (χ2n) is 36.6. The predicted octanol–water partition coefficient (Wildman–Crippen LogP) is 8.15. The van der Waals surface area contributed by atoms with Gasteiger partial charge in [0.05, 0.1) is 79.1 Å². The molecule has 36 nitrogen and oxygen atoms in total. The Bertz CT molecular complexity index is 5380. The van der Waals surface area contributed by atoms with Crippen molar-refractivity contribution in [1.82, 2.24) is 64.7 Å². The first-order chi connectivity index (χ1) is 63.5. The number of nitrogens with two attached hydrogens (primary N) is 2. The number of methoxy groups -OCH3 is 3. The molecule has 3 saturated heterocycles. The van der Waals surface area contributed by atoms with Gasteiger partial charge in [0.15, 0.2) is 17.8 Å². The highest BCUT2D eigenvalue weighted by Gasteiger charge is 2.53. The zero-order valence-corrected chi connectivity index (χ0v) is 77.3. The second kappa shape index (κ2) is 44.2. The zero-order chi connectivity index (χ0) is 93.6. The van der Waals surface area contributed by atoms with Gasteiger partial charge in [-0.25, -0.2) is 39.4 Å². The SMILES string of the molecule is CO[C@H]1C[C@@H]2CC[C@@H](C)[C@@](O)(O2)C(=O)C(=O)N2CCCC[C@H]2C(=O)O[C@H]([C@H](C)C[C@@H]2CC[C@@H](O)[C@H](OC)C2)C[C@@H](O)[C@H](C)/C=C(\C)[C@@H](O)[C@@H](OC)/C(=N/OCC(=O)NCCOCCC(=O)N2CCc3nc(N4CCN(c5ncc(C(=O)N6CCc7cc(Cn8nc(-c9ccc%10oc(N)nc%10c9)c9c(N)ncnc98)ccc7C6)cn5)CC4)ncc3C2)[C@H](C)C[C@H](C)/C=C/C=C/C=C/1C. The van der Waals surface area contributed by atoms with Gasteiger partial charge in [0.1, 0.15) is 47.7 Å². The lowest BCUT2D eigenvalue weighted by atomic mass is 9.78. The van der Waals surface area contributed by atoms with E-state index in [4.69, 9.17) is 64.2 Å². The first-order valence-electron chi connectivity index (χ1n) is 46.4. The average molecular weight is 1820 g/mol. The van der Waals surface area contributed by atoms with Gasteiger partial charge in [-0.15, -0.1) is 0 Å². The predicted molar refractivity (Wildman–Crippen MR) is 492 cm³/mol. The summed E-state index contributed by atoms with van der Waals surface area (Å²) in [5.41, 5.74) is 22.4. The Morgan fingerprint density at radius 1 is 0.742 bits per heavy atom. The number of esters is 1. The van der Waals surface area contributed by atoms with Crippen LogP contribution >= 0.6 is 0 Å². The number of nitrogen functional groups attached to an aromatic ring is 2. The van der Waals surface area contributed by atoms with Gasteiger partial charge in [-0.05, 0) is 148 Å². The van der Waals surface area contributed by atoms with Crippen LogP contribution in [0.3, 0.4) is 0 Å². The number of piperidine rings is 1. The van der Waals surface area contributed by atoms with Crippen LogP contribution in [0.25, 0.3) is 33.4 Å². The van der Waals surface area contributed by atoms with Crippen LogP contribution < -0.4 is 26.6 Å². The third kappa shape index (κ3) is 23.2. The Balaban J connectivity index is 0.543. The number of ketones is 1. The van der Waals surface area contributed by atoms with Gasteiger partial charge in [0.25, 0.3) is 29.5 Å². The van der Waals surface area contributed by atoms with E-state index in [0.29, 0.717) is 192 Å². The summed E-state index contributed by atoms with van der Waals surface area (Å²) in [7, 11) is 4.59. The molecular weight excluding hydrogens is 1690 g/mol. The molecule has 7 aromatic rings. The Morgan fingerprint density at radius 2 is 1.51 bits per heavy atom. The van der Waals surface area contributed by atoms with Crippen LogP contribution in [0.5, 0.6) is 0 Å². The monoisotopic (exact) mass is 1820 g/mol. The number of hydrogen-bond donors (Lipinski definition) is 7. The zero-order valence-electron chi connectivity index (χ0n) is 77.3. The van der Waals surface area contributed by atoms with Crippen molar-refractivity contribution >= 4 is 87.0 Å². The smallest absolute Gasteiger partial charge is 0.329 e. The maximum absolute atomic E-state index is 14.8. The molecule has 132 heavy (non-hydrogen) atoms. The molecule has 6 aliphatic heterocycles. The number of anilines is 4. The van der Waals surface area contributed by atoms with E-state index in [2.05, 4.69) is 57.3 Å². The molecule has 0 spiro atoms. The van der Waals surface area contributed by atoms with E-state index in [-0.39, 0.29) is 99.6 Å². The summed E-state index contributed by atoms with van der Waals surface area (Å²) in [6, 6.07) is 10.7. The minimum absolute atomic E-state index is 0.0422. The van der Waals surface area contributed by atoms with Gasteiger partial charge in [-0.2, -0.15) is 10.1 Å². The highest BCUT2D eigenvalue weighted by molar-refractivity contribution is 6.39. The number of benzene rings is 2. The van der Waals surface area contributed by atoms with Crippen molar-refractivity contribution in [2.24, 2.45) is 40.7 Å². The normalized spacial score (nSPS) is 28.5. The summed E-state index contributed by atoms with van der Waals surface area (Å²) in [4.78, 5) is 132. The number of amides is 4. The molecule has 7 aliphatic rings. The van der Waals surface area contributed by atoms with Crippen LogP contribution in [0.15, 0.2) is 118 Å². The largest absolute Gasteiger partial charge is 0.460 e. The molecule has 1 aliphatic carbocycles. The molecular formula is C96H128N18O18. The van der Waals surface area contributed by atoms with E-state index in [1.807, 2.05) is 85.9 Å². The molecule has 4 amide bonds. The molecule has 14 rings (SSSR count). The maximum atomic E-state index is 14.8. The lowest BCUT2D eigenvalue weighted by molar-refractivity contribution is -0.265. The topological polar surface area (TPSA) is 462 Å². The van der Waals surface area contributed by atoms with Gasteiger partial charge in [-0.3, -0.25) is 24.0 Å².